The van der Waals surface area contributed by atoms with Crippen LogP contribution in [0.1, 0.15) is 6.92 Å². The van der Waals surface area contributed by atoms with Crippen LogP contribution in [0.2, 0.25) is 0 Å². The summed E-state index contributed by atoms with van der Waals surface area (Å²) in [5.41, 5.74) is 0.865. The number of nitrogens with zero attached hydrogens (tertiary/aromatic N) is 1. The predicted octanol–water partition coefficient (Wildman–Crippen LogP) is 0.754. The Morgan fingerprint density at radius 1 is 1.67 bits per heavy atom. The molecule has 12 heavy (non-hydrogen) atoms. The van der Waals surface area contributed by atoms with Gasteiger partial charge in [-0.15, -0.1) is 0 Å². The molecule has 1 amide bonds. The van der Waals surface area contributed by atoms with Crippen LogP contribution < -0.4 is 5.32 Å². The lowest BCUT2D eigenvalue weighted by Gasteiger charge is -2.15. The number of nitrogens with one attached hydrogen (secondary N) is 1. The third-order valence-corrected chi connectivity index (χ3v) is 1.54. The Hall–Kier alpha value is -1.09. The van der Waals surface area contributed by atoms with Gasteiger partial charge in [0.2, 0.25) is 6.41 Å². The molecule has 0 saturated carbocycles. The number of hydrogen-bond acceptors (Lipinski definition) is 2. The molecule has 0 heterocycles. The third-order valence-electron chi connectivity index (χ3n) is 1.54. The lowest BCUT2D eigenvalue weighted by Crippen LogP contribution is -2.26. The Balaban J connectivity index is 4.02. The van der Waals surface area contributed by atoms with Gasteiger partial charge in [0.05, 0.1) is 0 Å². The lowest BCUT2D eigenvalue weighted by molar-refractivity contribution is -0.109. The van der Waals surface area contributed by atoms with E-state index < -0.39 is 0 Å². The molecule has 0 unspecified atom stereocenters. The van der Waals surface area contributed by atoms with E-state index in [4.69, 9.17) is 0 Å². The van der Waals surface area contributed by atoms with Gasteiger partial charge in [-0.05, 0) is 19.7 Å². The van der Waals surface area contributed by atoms with Gasteiger partial charge in [-0.3, -0.25) is 4.79 Å². The van der Waals surface area contributed by atoms with Gasteiger partial charge < -0.3 is 10.2 Å². The zero-order valence-electron chi connectivity index (χ0n) is 7.71. The summed E-state index contributed by atoms with van der Waals surface area (Å²) in [6.07, 6.45) is 4.13. The Morgan fingerprint density at radius 3 is 2.75 bits per heavy atom. The van der Waals surface area contributed by atoms with Gasteiger partial charge in [-0.2, -0.15) is 0 Å². The first-order valence-electron chi connectivity index (χ1n) is 3.94. The smallest absolute Gasteiger partial charge is 0.211 e. The van der Waals surface area contributed by atoms with Gasteiger partial charge in [0.15, 0.2) is 0 Å². The van der Waals surface area contributed by atoms with Crippen molar-refractivity contribution < 1.29 is 4.79 Å². The molecule has 0 atom stereocenters. The molecular weight excluding hydrogens is 152 g/mol. The van der Waals surface area contributed by atoms with Crippen LogP contribution in [0.15, 0.2) is 24.4 Å². The number of allylic oxidation sites excluding steroid dienone is 2. The second-order valence-corrected chi connectivity index (χ2v) is 2.52. The van der Waals surface area contributed by atoms with E-state index in [2.05, 4.69) is 23.7 Å². The van der Waals surface area contributed by atoms with Crippen molar-refractivity contribution in [2.45, 2.75) is 6.92 Å². The first-order valence-corrected chi connectivity index (χ1v) is 3.94. The molecule has 0 spiro atoms. The molecule has 0 bridgehead atoms. The molecule has 0 fully saturated rings. The predicted molar refractivity (Wildman–Crippen MR) is 50.7 cm³/mol. The largest absolute Gasteiger partial charge is 0.331 e. The number of hydrogen-bond donors (Lipinski definition) is 1. The SMILES string of the molecule is C=C/C=C(/CN(C)CC)NC=O. The maximum atomic E-state index is 10.2. The van der Waals surface area contributed by atoms with E-state index in [0.29, 0.717) is 6.41 Å². The molecule has 0 aliphatic rings. The van der Waals surface area contributed by atoms with Crippen molar-refractivity contribution in [3.8, 4) is 0 Å². The highest BCUT2D eigenvalue weighted by atomic mass is 16.1. The molecule has 0 aromatic rings. The molecular formula is C9H16N2O. The maximum absolute atomic E-state index is 10.2. The second-order valence-electron chi connectivity index (χ2n) is 2.52. The Morgan fingerprint density at radius 2 is 2.33 bits per heavy atom. The van der Waals surface area contributed by atoms with Crippen molar-refractivity contribution in [2.75, 3.05) is 20.1 Å². The minimum Gasteiger partial charge on any atom is -0.331 e. The summed E-state index contributed by atoms with van der Waals surface area (Å²) in [4.78, 5) is 12.2. The zero-order chi connectivity index (χ0) is 9.40. The minimum atomic E-state index is 0.679. The first kappa shape index (κ1) is 10.9. The fourth-order valence-electron chi connectivity index (χ4n) is 0.767. The van der Waals surface area contributed by atoms with Gasteiger partial charge in [0, 0.05) is 12.2 Å². The molecule has 0 aromatic heterocycles. The molecule has 3 heteroatoms. The molecule has 68 valence electrons. The Kier molecular flexibility index (Phi) is 6.01. The molecule has 0 rings (SSSR count). The Bertz CT molecular complexity index is 175. The number of amides is 1. The fourth-order valence-corrected chi connectivity index (χ4v) is 0.767. The highest BCUT2D eigenvalue weighted by Gasteiger charge is 1.97. The highest BCUT2D eigenvalue weighted by Crippen LogP contribution is 1.92. The summed E-state index contributed by atoms with van der Waals surface area (Å²) in [7, 11) is 1.99. The van der Waals surface area contributed by atoms with Gasteiger partial charge in [-0.1, -0.05) is 19.6 Å². The van der Waals surface area contributed by atoms with E-state index >= 15 is 0 Å². The number of likely N-dealkylation sites (N-methyl/N-ethyl adjacent to an activating group) is 1. The normalized spacial score (nSPS) is 11.4. The molecule has 0 radical (unpaired) electrons. The summed E-state index contributed by atoms with van der Waals surface area (Å²) < 4.78 is 0. The van der Waals surface area contributed by atoms with Crippen LogP contribution in [0.25, 0.3) is 0 Å². The summed E-state index contributed by atoms with van der Waals surface area (Å²) >= 11 is 0. The molecule has 0 saturated heterocycles. The summed E-state index contributed by atoms with van der Waals surface area (Å²) in [5, 5.41) is 2.62. The summed E-state index contributed by atoms with van der Waals surface area (Å²) in [6, 6.07) is 0. The first-order chi connectivity index (χ1) is 5.74. The van der Waals surface area contributed by atoms with E-state index in [-0.39, 0.29) is 0 Å². The Labute approximate surface area is 73.8 Å². The standard InChI is InChI=1S/C9H16N2O/c1-4-6-9(10-8-12)7-11(3)5-2/h4,6,8H,1,5,7H2,2-3H3,(H,10,12)/b9-6-. The van der Waals surface area contributed by atoms with Crippen LogP contribution in [0.3, 0.4) is 0 Å². The fraction of sp³-hybridized carbons (Fsp3) is 0.444. The van der Waals surface area contributed by atoms with Gasteiger partial charge in [-0.25, -0.2) is 0 Å². The van der Waals surface area contributed by atoms with Crippen LogP contribution >= 0.6 is 0 Å². The van der Waals surface area contributed by atoms with Crippen LogP contribution in [-0.2, 0) is 4.79 Å². The van der Waals surface area contributed by atoms with Crippen LogP contribution in [0.5, 0.6) is 0 Å². The quantitative estimate of drug-likeness (QED) is 0.469. The lowest BCUT2D eigenvalue weighted by atomic mass is 10.3. The highest BCUT2D eigenvalue weighted by molar-refractivity contribution is 5.50. The zero-order valence-corrected chi connectivity index (χ0v) is 7.71. The second kappa shape index (κ2) is 6.61. The van der Waals surface area contributed by atoms with Crippen molar-refractivity contribution in [3.63, 3.8) is 0 Å². The summed E-state index contributed by atoms with van der Waals surface area (Å²) in [6.45, 7) is 7.32. The van der Waals surface area contributed by atoms with Crippen molar-refractivity contribution in [2.24, 2.45) is 0 Å². The van der Waals surface area contributed by atoms with Crippen LogP contribution in [-0.4, -0.2) is 31.4 Å². The van der Waals surface area contributed by atoms with Gasteiger partial charge in [0.25, 0.3) is 0 Å². The van der Waals surface area contributed by atoms with Crippen molar-refractivity contribution in [1.82, 2.24) is 10.2 Å². The van der Waals surface area contributed by atoms with E-state index in [0.717, 1.165) is 18.8 Å². The third kappa shape index (κ3) is 4.68. The average Bonchev–Trinajstić information content (AvgIpc) is 2.05. The van der Waals surface area contributed by atoms with E-state index in [1.54, 1.807) is 12.2 Å². The van der Waals surface area contributed by atoms with E-state index in [1.807, 2.05) is 7.05 Å². The van der Waals surface area contributed by atoms with E-state index in [9.17, 15) is 4.79 Å². The monoisotopic (exact) mass is 168 g/mol. The van der Waals surface area contributed by atoms with Crippen LogP contribution in [0.4, 0.5) is 0 Å². The van der Waals surface area contributed by atoms with Crippen molar-refractivity contribution in [1.29, 1.82) is 0 Å². The molecule has 0 aromatic carbocycles. The number of carbonyl (C=O) groups excluding carboxylic acids is 1. The van der Waals surface area contributed by atoms with Gasteiger partial charge in [0.1, 0.15) is 0 Å². The topological polar surface area (TPSA) is 32.3 Å². The molecule has 0 aliphatic carbocycles. The van der Waals surface area contributed by atoms with E-state index in [1.165, 1.54) is 0 Å². The maximum Gasteiger partial charge on any atom is 0.211 e. The number of rotatable bonds is 6. The van der Waals surface area contributed by atoms with Crippen molar-refractivity contribution in [3.05, 3.63) is 24.4 Å². The average molecular weight is 168 g/mol. The summed E-state index contributed by atoms with van der Waals surface area (Å²) in [5.74, 6) is 0. The molecule has 3 nitrogen and oxygen atoms in total. The number of carbonyl (C=O) groups is 1. The minimum absolute atomic E-state index is 0.679. The molecule has 0 aliphatic heterocycles. The molecule has 1 N–H and O–H groups in total. The van der Waals surface area contributed by atoms with Gasteiger partial charge >= 0.3 is 0 Å². The van der Waals surface area contributed by atoms with Crippen molar-refractivity contribution >= 4 is 6.41 Å². The van der Waals surface area contributed by atoms with Crippen LogP contribution in [0, 0.1) is 0 Å².